The van der Waals surface area contributed by atoms with Gasteiger partial charge in [0.25, 0.3) is 5.91 Å². The summed E-state index contributed by atoms with van der Waals surface area (Å²) in [4.78, 5) is 24.1. The minimum atomic E-state index is -0.344. The summed E-state index contributed by atoms with van der Waals surface area (Å²) in [6.07, 6.45) is 7.99. The van der Waals surface area contributed by atoms with Gasteiger partial charge in [-0.3, -0.25) is 9.59 Å². The van der Waals surface area contributed by atoms with E-state index in [4.69, 9.17) is 10.00 Å². The van der Waals surface area contributed by atoms with E-state index in [2.05, 4.69) is 18.3 Å². The summed E-state index contributed by atoms with van der Waals surface area (Å²) in [6, 6.07) is 9.14. The van der Waals surface area contributed by atoms with Crippen LogP contribution < -0.4 is 5.32 Å². The molecule has 0 saturated heterocycles. The fourth-order valence-corrected chi connectivity index (χ4v) is 3.43. The lowest BCUT2D eigenvalue weighted by Crippen LogP contribution is -2.27. The highest BCUT2D eigenvalue weighted by Gasteiger charge is 2.27. The highest BCUT2D eigenvalue weighted by atomic mass is 16.5. The molecule has 1 fully saturated rings. The largest absolute Gasteiger partial charge is 0.455 e. The Morgan fingerprint density at radius 3 is 2.50 bits per heavy atom. The van der Waals surface area contributed by atoms with Crippen molar-refractivity contribution in [2.75, 3.05) is 11.9 Å². The lowest BCUT2D eigenvalue weighted by Gasteiger charge is -2.27. The molecular weight excluding hydrogens is 328 g/mol. The van der Waals surface area contributed by atoms with Gasteiger partial charge in [0, 0.05) is 5.69 Å². The number of unbranched alkanes of at least 4 members (excludes halogenated alkanes) is 1. The van der Waals surface area contributed by atoms with Crippen molar-refractivity contribution in [1.82, 2.24) is 0 Å². The Kier molecular flexibility index (Phi) is 8.14. The second kappa shape index (κ2) is 10.6. The number of hydrogen-bond acceptors (Lipinski definition) is 4. The first-order chi connectivity index (χ1) is 12.6. The zero-order chi connectivity index (χ0) is 18.8. The van der Waals surface area contributed by atoms with Crippen LogP contribution in [0, 0.1) is 23.2 Å². The normalized spacial score (nSPS) is 19.4. The van der Waals surface area contributed by atoms with Crippen LogP contribution in [0.2, 0.25) is 0 Å². The molecule has 1 aromatic rings. The van der Waals surface area contributed by atoms with Crippen molar-refractivity contribution in [1.29, 1.82) is 5.26 Å². The molecular formula is C21H28N2O3. The fourth-order valence-electron chi connectivity index (χ4n) is 3.43. The number of nitrogens with zero attached hydrogens (tertiary/aromatic N) is 1. The van der Waals surface area contributed by atoms with Gasteiger partial charge in [0.05, 0.1) is 18.4 Å². The van der Waals surface area contributed by atoms with E-state index >= 15 is 0 Å². The Bertz CT molecular complexity index is 626. The molecule has 1 aliphatic rings. The number of rotatable bonds is 8. The van der Waals surface area contributed by atoms with Crippen LogP contribution in [-0.4, -0.2) is 18.5 Å². The van der Waals surface area contributed by atoms with E-state index in [-0.39, 0.29) is 24.4 Å². The number of carbonyl (C=O) groups excluding carboxylic acids is 2. The molecule has 0 radical (unpaired) electrons. The molecule has 0 atom stereocenters. The van der Waals surface area contributed by atoms with Crippen molar-refractivity contribution in [3.63, 3.8) is 0 Å². The third-order valence-electron chi connectivity index (χ3n) is 5.01. The van der Waals surface area contributed by atoms with Crippen molar-refractivity contribution in [3.05, 3.63) is 29.8 Å². The molecule has 0 spiro atoms. The van der Waals surface area contributed by atoms with Gasteiger partial charge in [-0.2, -0.15) is 5.26 Å². The van der Waals surface area contributed by atoms with Crippen LogP contribution in [-0.2, 0) is 20.7 Å². The molecule has 0 aromatic heterocycles. The van der Waals surface area contributed by atoms with E-state index in [1.54, 1.807) is 24.3 Å². The molecule has 1 amide bonds. The zero-order valence-electron chi connectivity index (χ0n) is 15.5. The Hall–Kier alpha value is -2.35. The molecule has 0 aliphatic heterocycles. The second-order valence-electron chi connectivity index (χ2n) is 7.05. The third kappa shape index (κ3) is 6.51. The number of hydrogen-bond donors (Lipinski definition) is 1. The monoisotopic (exact) mass is 356 g/mol. The number of nitriles is 1. The summed E-state index contributed by atoms with van der Waals surface area (Å²) in [5.74, 6) is 0.0821. The third-order valence-corrected chi connectivity index (χ3v) is 5.01. The summed E-state index contributed by atoms with van der Waals surface area (Å²) in [7, 11) is 0. The molecule has 0 unspecified atom stereocenters. The molecule has 1 saturated carbocycles. The van der Waals surface area contributed by atoms with Gasteiger partial charge in [0.15, 0.2) is 6.61 Å². The number of ether oxygens (including phenoxy) is 1. The number of nitrogens with one attached hydrogen (secondary N) is 1. The molecule has 140 valence electrons. The Labute approximate surface area is 155 Å². The maximum Gasteiger partial charge on any atom is 0.309 e. The second-order valence-corrected chi connectivity index (χ2v) is 7.05. The molecule has 2 rings (SSSR count). The van der Waals surface area contributed by atoms with Gasteiger partial charge in [-0.15, -0.1) is 0 Å². The van der Waals surface area contributed by atoms with E-state index in [1.165, 1.54) is 19.3 Å². The van der Waals surface area contributed by atoms with Crippen molar-refractivity contribution < 1.29 is 14.3 Å². The minimum Gasteiger partial charge on any atom is -0.455 e. The maximum atomic E-state index is 12.2. The maximum absolute atomic E-state index is 12.2. The molecule has 0 heterocycles. The topological polar surface area (TPSA) is 79.2 Å². The van der Waals surface area contributed by atoms with Crippen molar-refractivity contribution >= 4 is 17.6 Å². The van der Waals surface area contributed by atoms with E-state index in [9.17, 15) is 9.59 Å². The van der Waals surface area contributed by atoms with Gasteiger partial charge in [-0.1, -0.05) is 38.3 Å². The summed E-state index contributed by atoms with van der Waals surface area (Å²) in [5, 5.41) is 11.3. The standard InChI is InChI=1S/C21H28N2O3/c1-2-3-4-16-5-9-18(10-6-16)21(25)26-15-20(24)23-19-11-7-17(8-12-19)13-14-22/h7-8,11-12,16,18H,2-6,9-10,13,15H2,1H3,(H,23,24). The molecule has 26 heavy (non-hydrogen) atoms. The fraction of sp³-hybridized carbons (Fsp3) is 0.571. The first-order valence-corrected chi connectivity index (χ1v) is 9.54. The molecule has 0 bridgehead atoms. The number of amides is 1. The molecule has 1 N–H and O–H groups in total. The number of esters is 1. The number of benzene rings is 1. The smallest absolute Gasteiger partial charge is 0.309 e. The highest BCUT2D eigenvalue weighted by Crippen LogP contribution is 2.32. The van der Waals surface area contributed by atoms with Gasteiger partial charge in [0.1, 0.15) is 0 Å². The lowest BCUT2D eigenvalue weighted by atomic mass is 9.80. The summed E-state index contributed by atoms with van der Waals surface area (Å²) < 4.78 is 5.20. The first kappa shape index (κ1) is 20.0. The highest BCUT2D eigenvalue weighted by molar-refractivity contribution is 5.92. The Morgan fingerprint density at radius 2 is 1.88 bits per heavy atom. The van der Waals surface area contributed by atoms with E-state index < -0.39 is 0 Å². The quantitative estimate of drug-likeness (QED) is 0.707. The predicted octanol–water partition coefficient (Wildman–Crippen LogP) is 4.23. The van der Waals surface area contributed by atoms with Crippen molar-refractivity contribution in [2.24, 2.45) is 11.8 Å². The van der Waals surface area contributed by atoms with Crippen molar-refractivity contribution in [2.45, 2.75) is 58.3 Å². The zero-order valence-corrected chi connectivity index (χ0v) is 15.5. The van der Waals surface area contributed by atoms with Crippen LogP contribution in [0.4, 0.5) is 5.69 Å². The first-order valence-electron chi connectivity index (χ1n) is 9.54. The van der Waals surface area contributed by atoms with Crippen LogP contribution in [0.3, 0.4) is 0 Å². The van der Waals surface area contributed by atoms with Gasteiger partial charge in [-0.25, -0.2) is 0 Å². The van der Waals surface area contributed by atoms with E-state index in [0.29, 0.717) is 12.1 Å². The van der Waals surface area contributed by atoms with Crippen LogP contribution >= 0.6 is 0 Å². The van der Waals surface area contributed by atoms with Gasteiger partial charge in [0.2, 0.25) is 0 Å². The predicted molar refractivity (Wildman–Crippen MR) is 100 cm³/mol. The van der Waals surface area contributed by atoms with E-state index in [0.717, 1.165) is 37.2 Å². The Balaban J connectivity index is 1.68. The molecule has 5 heteroatoms. The molecule has 5 nitrogen and oxygen atoms in total. The average Bonchev–Trinajstić information content (AvgIpc) is 2.66. The minimum absolute atomic E-state index is 0.0639. The summed E-state index contributed by atoms with van der Waals surface area (Å²) >= 11 is 0. The molecule has 1 aromatic carbocycles. The van der Waals surface area contributed by atoms with Gasteiger partial charge >= 0.3 is 5.97 Å². The average molecular weight is 356 g/mol. The SMILES string of the molecule is CCCCC1CCC(C(=O)OCC(=O)Nc2ccc(CC#N)cc2)CC1. The van der Waals surface area contributed by atoms with Crippen LogP contribution in [0.5, 0.6) is 0 Å². The van der Waals surface area contributed by atoms with Crippen LogP contribution in [0.15, 0.2) is 24.3 Å². The van der Waals surface area contributed by atoms with Gasteiger partial charge < -0.3 is 10.1 Å². The summed E-state index contributed by atoms with van der Waals surface area (Å²) in [6.45, 7) is 1.95. The number of carbonyl (C=O) groups is 2. The summed E-state index contributed by atoms with van der Waals surface area (Å²) in [5.41, 5.74) is 1.52. The number of anilines is 1. The Morgan fingerprint density at radius 1 is 1.19 bits per heavy atom. The van der Waals surface area contributed by atoms with Gasteiger partial charge in [-0.05, 0) is 49.3 Å². The molecule has 1 aliphatic carbocycles. The van der Waals surface area contributed by atoms with E-state index in [1.807, 2.05) is 0 Å². The lowest BCUT2D eigenvalue weighted by molar-refractivity contribution is -0.152. The van der Waals surface area contributed by atoms with Crippen LogP contribution in [0.25, 0.3) is 0 Å². The van der Waals surface area contributed by atoms with Crippen LogP contribution in [0.1, 0.15) is 57.4 Å². The van der Waals surface area contributed by atoms with Crippen molar-refractivity contribution in [3.8, 4) is 6.07 Å².